The number of carbonyl (C=O) groups is 2. The van der Waals surface area contributed by atoms with Gasteiger partial charge in [-0.1, -0.05) is 0 Å². The van der Waals surface area contributed by atoms with E-state index in [0.717, 1.165) is 0 Å². The van der Waals surface area contributed by atoms with Crippen molar-refractivity contribution in [3.05, 3.63) is 27.0 Å². The first-order valence-electron chi connectivity index (χ1n) is 1.77. The van der Waals surface area contributed by atoms with E-state index in [-0.39, 0.29) is 34.3 Å². The molecule has 11 heavy (non-hydrogen) atoms. The predicted octanol–water partition coefficient (Wildman–Crippen LogP) is 0.610. The Morgan fingerprint density at radius 2 is 1.09 bits per heavy atom. The van der Waals surface area contributed by atoms with Gasteiger partial charge in [0.15, 0.2) is 0 Å². The maximum absolute atomic E-state index is 9.55. The van der Waals surface area contributed by atoms with E-state index in [1.54, 1.807) is 0 Å². The van der Waals surface area contributed by atoms with Crippen LogP contribution in [0.15, 0.2) is 12.2 Å². The number of aliphatic carboxylic acids is 2. The van der Waals surface area contributed by atoms with Crippen LogP contribution >= 0.6 is 0 Å². The first-order valence-corrected chi connectivity index (χ1v) is 1.77. The molecule has 0 aliphatic rings. The van der Waals surface area contributed by atoms with Crippen molar-refractivity contribution >= 4 is 11.9 Å². The van der Waals surface area contributed by atoms with Crippen molar-refractivity contribution in [2.45, 2.75) is 0 Å². The fourth-order valence-electron chi connectivity index (χ4n) is 0.143. The summed E-state index contributed by atoms with van der Waals surface area (Å²) >= 11 is 0. The molecule has 0 aliphatic heterocycles. The van der Waals surface area contributed by atoms with Gasteiger partial charge in [0.25, 0.3) is 0 Å². The first-order chi connectivity index (χ1) is 3.63. The molecule has 0 atom stereocenters. The van der Waals surface area contributed by atoms with Crippen molar-refractivity contribution in [3.8, 4) is 0 Å². The van der Waals surface area contributed by atoms with Gasteiger partial charge in [0.05, 0.1) is 0 Å². The molecule has 0 fully saturated rings. The predicted molar refractivity (Wildman–Crippen MR) is 37.2 cm³/mol. The van der Waals surface area contributed by atoms with Crippen LogP contribution in [0.1, 0.15) is 0 Å². The maximum atomic E-state index is 9.55. The van der Waals surface area contributed by atoms with Crippen LogP contribution in [0, 0.1) is 14.9 Å². The second-order valence-electron chi connectivity index (χ2n) is 1.01. The molecule has 0 aromatic rings. The molecule has 0 spiro atoms. The van der Waals surface area contributed by atoms with E-state index in [2.05, 4.69) is 0 Å². The third-order valence-electron chi connectivity index (χ3n) is 0.368. The Labute approximate surface area is 78.7 Å². The number of rotatable bonds is 2. The zero-order chi connectivity index (χ0) is 6.57. The van der Waals surface area contributed by atoms with E-state index in [9.17, 15) is 9.59 Å². The standard InChI is InChI=1S/C4H4O4.2CH3.Zn/c5-3(6)1-2-4(7)8;;;/h1-2H,(H,5,6)(H,7,8);2*1H3;/q;2*-1;+2/b2-1+;;;. The molecule has 0 radical (unpaired) electrons. The molecule has 0 heterocycles. The Morgan fingerprint density at radius 3 is 1.18 bits per heavy atom. The number of hydrogen-bond donors (Lipinski definition) is 2. The molecule has 2 N–H and O–H groups in total. The topological polar surface area (TPSA) is 74.6 Å². The maximum Gasteiger partial charge on any atom is 2.00 e. The zero-order valence-electron chi connectivity index (χ0n) is 6.57. The Hall–Kier alpha value is -0.697. The molecule has 60 valence electrons. The SMILES string of the molecule is O=C(O)/C=C/C(=O)O.[CH3-].[CH3-].[Zn+2]. The molecular formula is C6H10O4Zn. The molecular weight excluding hydrogens is 201 g/mol. The fourth-order valence-corrected chi connectivity index (χ4v) is 0.143. The van der Waals surface area contributed by atoms with E-state index in [1.807, 2.05) is 0 Å². The molecule has 0 bridgehead atoms. The van der Waals surface area contributed by atoms with Crippen molar-refractivity contribution in [1.82, 2.24) is 0 Å². The Kier molecular flexibility index (Phi) is 24.5. The van der Waals surface area contributed by atoms with Crippen molar-refractivity contribution in [2.24, 2.45) is 0 Å². The Bertz CT molecular complexity index is 126. The van der Waals surface area contributed by atoms with Gasteiger partial charge in [-0.05, 0) is 0 Å². The van der Waals surface area contributed by atoms with Crippen LogP contribution in [0.25, 0.3) is 0 Å². The summed E-state index contributed by atoms with van der Waals surface area (Å²) in [5, 5.41) is 15.6. The van der Waals surface area contributed by atoms with Gasteiger partial charge in [-0.15, -0.1) is 0 Å². The largest absolute Gasteiger partial charge is 2.00 e. The number of carboxylic acid groups (broad SMARTS) is 2. The van der Waals surface area contributed by atoms with Crippen molar-refractivity contribution in [3.63, 3.8) is 0 Å². The number of carboxylic acids is 2. The number of hydrogen-bond acceptors (Lipinski definition) is 2. The summed E-state index contributed by atoms with van der Waals surface area (Å²) in [4.78, 5) is 19.1. The van der Waals surface area contributed by atoms with Gasteiger partial charge < -0.3 is 25.1 Å². The molecule has 0 aliphatic carbocycles. The molecule has 0 aromatic carbocycles. The minimum absolute atomic E-state index is 0. The third-order valence-corrected chi connectivity index (χ3v) is 0.368. The van der Waals surface area contributed by atoms with E-state index in [4.69, 9.17) is 10.2 Å². The molecule has 0 saturated heterocycles. The summed E-state index contributed by atoms with van der Waals surface area (Å²) in [6, 6.07) is 0. The minimum Gasteiger partial charge on any atom is -0.478 e. The van der Waals surface area contributed by atoms with Crippen molar-refractivity contribution < 1.29 is 39.3 Å². The van der Waals surface area contributed by atoms with Gasteiger partial charge in [-0.2, -0.15) is 0 Å². The second-order valence-corrected chi connectivity index (χ2v) is 1.01. The second kappa shape index (κ2) is 12.0. The molecule has 0 unspecified atom stereocenters. The van der Waals surface area contributed by atoms with Crippen LogP contribution in [-0.4, -0.2) is 22.2 Å². The zero-order valence-corrected chi connectivity index (χ0v) is 9.54. The first kappa shape index (κ1) is 22.4. The van der Waals surface area contributed by atoms with Crippen molar-refractivity contribution in [2.75, 3.05) is 0 Å². The van der Waals surface area contributed by atoms with Crippen LogP contribution in [0.4, 0.5) is 0 Å². The average Bonchev–Trinajstić information content (AvgIpc) is 1.61. The van der Waals surface area contributed by atoms with Gasteiger partial charge in [0, 0.05) is 12.2 Å². The van der Waals surface area contributed by atoms with Crippen molar-refractivity contribution in [1.29, 1.82) is 0 Å². The van der Waals surface area contributed by atoms with E-state index in [0.29, 0.717) is 12.2 Å². The fraction of sp³-hybridized carbons (Fsp3) is 0. The van der Waals surface area contributed by atoms with Crippen LogP contribution in [0.3, 0.4) is 0 Å². The minimum atomic E-state index is -1.26. The van der Waals surface area contributed by atoms with E-state index < -0.39 is 11.9 Å². The van der Waals surface area contributed by atoms with E-state index in [1.165, 1.54) is 0 Å². The molecule has 0 amide bonds. The van der Waals surface area contributed by atoms with Gasteiger partial charge >= 0.3 is 31.4 Å². The summed E-state index contributed by atoms with van der Waals surface area (Å²) in [7, 11) is 0. The van der Waals surface area contributed by atoms with Crippen LogP contribution in [-0.2, 0) is 29.1 Å². The normalized spacial score (nSPS) is 6.91. The Morgan fingerprint density at radius 1 is 0.909 bits per heavy atom. The molecule has 5 heteroatoms. The van der Waals surface area contributed by atoms with Crippen LogP contribution < -0.4 is 0 Å². The average molecular weight is 212 g/mol. The van der Waals surface area contributed by atoms with Gasteiger partial charge in [-0.3, -0.25) is 0 Å². The van der Waals surface area contributed by atoms with Crippen LogP contribution in [0.5, 0.6) is 0 Å². The monoisotopic (exact) mass is 210 g/mol. The quantitative estimate of drug-likeness (QED) is 0.399. The smallest absolute Gasteiger partial charge is 0.478 e. The molecule has 0 rings (SSSR count). The summed E-state index contributed by atoms with van der Waals surface area (Å²) in [5.41, 5.74) is 0. The van der Waals surface area contributed by atoms with Gasteiger partial charge in [-0.25, -0.2) is 9.59 Å². The summed E-state index contributed by atoms with van der Waals surface area (Å²) in [5.74, 6) is -2.51. The van der Waals surface area contributed by atoms with Gasteiger partial charge in [0.2, 0.25) is 0 Å². The van der Waals surface area contributed by atoms with Gasteiger partial charge in [0.1, 0.15) is 0 Å². The summed E-state index contributed by atoms with van der Waals surface area (Å²) in [6.07, 6.45) is 1.12. The third kappa shape index (κ3) is 26.8. The van der Waals surface area contributed by atoms with Crippen LogP contribution in [0.2, 0.25) is 0 Å². The summed E-state index contributed by atoms with van der Waals surface area (Å²) < 4.78 is 0. The molecule has 0 aromatic heterocycles. The van der Waals surface area contributed by atoms with E-state index >= 15 is 0 Å². The Balaban J connectivity index is -0.0000000817. The summed E-state index contributed by atoms with van der Waals surface area (Å²) in [6.45, 7) is 0. The molecule has 4 nitrogen and oxygen atoms in total. The molecule has 0 saturated carbocycles.